The number of allylic oxidation sites excluding steroid dienone is 2. The maximum absolute atomic E-state index is 11.7. The predicted molar refractivity (Wildman–Crippen MR) is 129 cm³/mol. The molecule has 4 heteroatoms. The van der Waals surface area contributed by atoms with Crippen LogP contribution < -0.4 is 0 Å². The van der Waals surface area contributed by atoms with Crippen molar-refractivity contribution in [3.05, 3.63) is 12.2 Å². The Bertz CT molecular complexity index is 476. The number of ether oxygens (including phenoxy) is 1. The first-order valence-electron chi connectivity index (χ1n) is 13.2. The van der Waals surface area contributed by atoms with Gasteiger partial charge in [0, 0.05) is 0 Å². The van der Waals surface area contributed by atoms with Crippen LogP contribution in [-0.2, 0) is 9.53 Å². The van der Waals surface area contributed by atoms with Gasteiger partial charge in [0.25, 0.3) is 0 Å². The molecule has 0 aromatic rings. The monoisotopic (exact) mass is 438 g/mol. The second-order valence-corrected chi connectivity index (χ2v) is 9.72. The van der Waals surface area contributed by atoms with Gasteiger partial charge in [-0.15, -0.1) is 0 Å². The molecule has 0 aromatic carbocycles. The molecule has 0 aliphatic carbocycles. The van der Waals surface area contributed by atoms with Gasteiger partial charge in [-0.2, -0.15) is 0 Å². The molecule has 1 heterocycles. The Hall–Kier alpha value is -0.870. The minimum absolute atomic E-state index is 0.341. The van der Waals surface area contributed by atoms with Crippen molar-refractivity contribution in [1.82, 2.24) is 0 Å². The van der Waals surface area contributed by atoms with Crippen molar-refractivity contribution < 1.29 is 19.7 Å². The lowest BCUT2D eigenvalue weighted by Crippen LogP contribution is -2.39. The van der Waals surface area contributed by atoms with Crippen LogP contribution in [0, 0.1) is 5.92 Å². The van der Waals surface area contributed by atoms with E-state index in [2.05, 4.69) is 19.1 Å². The molecule has 0 bridgehead atoms. The molecule has 182 valence electrons. The highest BCUT2D eigenvalue weighted by Crippen LogP contribution is 2.35. The number of aliphatic hydroxyl groups is 2. The molecular weight excluding hydrogens is 388 g/mol. The lowest BCUT2D eigenvalue weighted by atomic mass is 9.87. The minimum atomic E-state index is -0.891. The van der Waals surface area contributed by atoms with E-state index in [4.69, 9.17) is 4.74 Å². The zero-order valence-corrected chi connectivity index (χ0v) is 20.5. The maximum Gasteiger partial charge on any atom is 0.314 e. The third-order valence-electron chi connectivity index (χ3n) is 6.76. The Morgan fingerprint density at radius 3 is 1.71 bits per heavy atom. The molecule has 1 fully saturated rings. The van der Waals surface area contributed by atoms with Crippen molar-refractivity contribution in [2.24, 2.45) is 5.92 Å². The standard InChI is InChI=1S/C27H50O4/c1-3-4-5-6-7-8-9-10-11-12-13-14-15-16-17-18-19-20-21-22-27(2)25(29)24(23-28)26(30)31-27/h5-6,24-25,28-29H,3-4,7-23H2,1-2H3. The van der Waals surface area contributed by atoms with Crippen LogP contribution in [0.1, 0.15) is 129 Å². The first-order chi connectivity index (χ1) is 15.0. The Morgan fingerprint density at radius 1 is 0.806 bits per heavy atom. The highest BCUT2D eigenvalue weighted by Gasteiger charge is 2.51. The van der Waals surface area contributed by atoms with Crippen LogP contribution in [0.3, 0.4) is 0 Å². The van der Waals surface area contributed by atoms with Gasteiger partial charge < -0.3 is 14.9 Å². The predicted octanol–water partition coefficient (Wildman–Crippen LogP) is 6.87. The normalized spacial score (nSPS) is 23.7. The van der Waals surface area contributed by atoms with Crippen molar-refractivity contribution in [1.29, 1.82) is 0 Å². The zero-order chi connectivity index (χ0) is 22.8. The van der Waals surface area contributed by atoms with E-state index < -0.39 is 23.6 Å². The first-order valence-corrected chi connectivity index (χ1v) is 13.2. The third-order valence-corrected chi connectivity index (χ3v) is 6.76. The molecule has 1 aliphatic rings. The summed E-state index contributed by atoms with van der Waals surface area (Å²) in [4.78, 5) is 11.7. The van der Waals surface area contributed by atoms with Gasteiger partial charge in [-0.05, 0) is 39.0 Å². The average molecular weight is 439 g/mol. The molecule has 31 heavy (non-hydrogen) atoms. The SMILES string of the molecule is CCCC=CCCCCCCCCCCCCCCCCC1(C)OC(=O)C(CO)C1O. The maximum atomic E-state index is 11.7. The van der Waals surface area contributed by atoms with Gasteiger partial charge in [-0.1, -0.05) is 103 Å². The van der Waals surface area contributed by atoms with E-state index >= 15 is 0 Å². The van der Waals surface area contributed by atoms with Crippen LogP contribution in [0.5, 0.6) is 0 Å². The molecule has 1 aliphatic heterocycles. The van der Waals surface area contributed by atoms with E-state index in [9.17, 15) is 15.0 Å². The number of carbonyl (C=O) groups excluding carboxylic acids is 1. The highest BCUT2D eigenvalue weighted by molar-refractivity contribution is 5.76. The number of hydrogen-bond donors (Lipinski definition) is 2. The summed E-state index contributed by atoms with van der Waals surface area (Å²) in [6.45, 7) is 3.68. The number of aliphatic hydroxyl groups excluding tert-OH is 2. The summed E-state index contributed by atoms with van der Waals surface area (Å²) in [5.74, 6) is -1.24. The molecule has 1 saturated heterocycles. The van der Waals surface area contributed by atoms with Crippen molar-refractivity contribution in [2.75, 3.05) is 6.61 Å². The number of carbonyl (C=O) groups is 1. The second-order valence-electron chi connectivity index (χ2n) is 9.72. The number of esters is 1. The molecular formula is C27H50O4. The fraction of sp³-hybridized carbons (Fsp3) is 0.889. The topological polar surface area (TPSA) is 66.8 Å². The fourth-order valence-electron chi connectivity index (χ4n) is 4.56. The van der Waals surface area contributed by atoms with E-state index in [1.807, 2.05) is 0 Å². The average Bonchev–Trinajstić information content (AvgIpc) is 2.97. The van der Waals surface area contributed by atoms with Crippen LogP contribution in [0.2, 0.25) is 0 Å². The van der Waals surface area contributed by atoms with Gasteiger partial charge in [0.05, 0.1) is 6.61 Å². The fourth-order valence-corrected chi connectivity index (χ4v) is 4.56. The van der Waals surface area contributed by atoms with Gasteiger partial charge in [0.15, 0.2) is 0 Å². The number of unbranched alkanes of at least 4 members (excludes halogenated alkanes) is 15. The molecule has 0 radical (unpaired) electrons. The molecule has 0 spiro atoms. The van der Waals surface area contributed by atoms with Gasteiger partial charge in [-0.3, -0.25) is 4.79 Å². The second kappa shape index (κ2) is 17.7. The van der Waals surface area contributed by atoms with Crippen molar-refractivity contribution in [3.63, 3.8) is 0 Å². The summed E-state index contributed by atoms with van der Waals surface area (Å²) in [6.07, 6.45) is 26.5. The van der Waals surface area contributed by atoms with E-state index in [0.29, 0.717) is 6.42 Å². The summed E-state index contributed by atoms with van der Waals surface area (Å²) >= 11 is 0. The van der Waals surface area contributed by atoms with Crippen LogP contribution in [0.4, 0.5) is 0 Å². The van der Waals surface area contributed by atoms with Crippen molar-refractivity contribution in [2.45, 2.75) is 141 Å². The number of hydrogen-bond acceptors (Lipinski definition) is 4. The first kappa shape index (κ1) is 28.2. The summed E-state index contributed by atoms with van der Waals surface area (Å²) in [6, 6.07) is 0. The summed E-state index contributed by atoms with van der Waals surface area (Å²) in [7, 11) is 0. The summed E-state index contributed by atoms with van der Waals surface area (Å²) in [5, 5.41) is 19.4. The van der Waals surface area contributed by atoms with Crippen molar-refractivity contribution in [3.8, 4) is 0 Å². The molecule has 3 atom stereocenters. The lowest BCUT2D eigenvalue weighted by Gasteiger charge is -2.27. The lowest BCUT2D eigenvalue weighted by molar-refractivity contribution is -0.151. The molecule has 2 N–H and O–H groups in total. The molecule has 0 saturated carbocycles. The summed E-state index contributed by atoms with van der Waals surface area (Å²) < 4.78 is 5.35. The van der Waals surface area contributed by atoms with Crippen molar-refractivity contribution >= 4 is 5.97 Å². The van der Waals surface area contributed by atoms with E-state index in [0.717, 1.165) is 12.8 Å². The Morgan fingerprint density at radius 2 is 1.26 bits per heavy atom. The third kappa shape index (κ3) is 12.1. The molecule has 0 amide bonds. The van der Waals surface area contributed by atoms with E-state index in [1.165, 1.54) is 96.3 Å². The minimum Gasteiger partial charge on any atom is -0.456 e. The van der Waals surface area contributed by atoms with E-state index in [1.54, 1.807) is 6.92 Å². The summed E-state index contributed by atoms with van der Waals surface area (Å²) in [5.41, 5.74) is -0.823. The molecule has 1 rings (SSSR count). The van der Waals surface area contributed by atoms with Crippen LogP contribution in [-0.4, -0.2) is 34.5 Å². The number of rotatable bonds is 20. The Labute approximate surface area is 191 Å². The Balaban J connectivity index is 1.83. The smallest absolute Gasteiger partial charge is 0.314 e. The highest BCUT2D eigenvalue weighted by atomic mass is 16.6. The van der Waals surface area contributed by atoms with Gasteiger partial charge in [0.2, 0.25) is 0 Å². The largest absolute Gasteiger partial charge is 0.456 e. The molecule has 4 nitrogen and oxygen atoms in total. The van der Waals surface area contributed by atoms with Crippen LogP contribution in [0.25, 0.3) is 0 Å². The molecule has 3 unspecified atom stereocenters. The Kier molecular flexibility index (Phi) is 16.0. The van der Waals surface area contributed by atoms with E-state index in [-0.39, 0.29) is 6.61 Å². The van der Waals surface area contributed by atoms with Gasteiger partial charge in [-0.25, -0.2) is 0 Å². The number of cyclic esters (lactones) is 1. The van der Waals surface area contributed by atoms with Gasteiger partial charge >= 0.3 is 5.97 Å². The quantitative estimate of drug-likeness (QED) is 0.124. The van der Waals surface area contributed by atoms with Crippen LogP contribution in [0.15, 0.2) is 12.2 Å². The zero-order valence-electron chi connectivity index (χ0n) is 20.5. The van der Waals surface area contributed by atoms with Crippen LogP contribution >= 0.6 is 0 Å². The van der Waals surface area contributed by atoms with Gasteiger partial charge in [0.1, 0.15) is 17.6 Å². The molecule has 0 aromatic heterocycles.